The lowest BCUT2D eigenvalue weighted by atomic mass is 10.1. The fraction of sp³-hybridized carbons (Fsp3) is 0.417. The third-order valence-electron chi connectivity index (χ3n) is 2.33. The first kappa shape index (κ1) is 17.1. The summed E-state index contributed by atoms with van der Waals surface area (Å²) in [7, 11) is -3.37. The second-order valence-corrected chi connectivity index (χ2v) is 7.67. The van der Waals surface area contributed by atoms with Crippen molar-refractivity contribution < 1.29 is 17.6 Å². The molecule has 0 spiro atoms. The standard InChI is InChI=1S/C12H16BrFN2O3S/c1-12(2,16-20(3,18)19)7-15-11(17)8-4-5-10(14)9(13)6-8/h4-6,16H,7H2,1-3H3,(H,15,17). The SMILES string of the molecule is CC(C)(CNC(=O)c1ccc(F)c(Br)c1)NS(C)(=O)=O. The molecule has 112 valence electrons. The minimum Gasteiger partial charge on any atom is -0.350 e. The predicted molar refractivity (Wildman–Crippen MR) is 78.5 cm³/mol. The molecule has 1 rings (SSSR count). The first-order chi connectivity index (χ1) is 9.00. The Morgan fingerprint density at radius 1 is 1.40 bits per heavy atom. The summed E-state index contributed by atoms with van der Waals surface area (Å²) >= 11 is 3.00. The van der Waals surface area contributed by atoms with Crippen LogP contribution in [-0.4, -0.2) is 32.7 Å². The van der Waals surface area contributed by atoms with E-state index in [1.165, 1.54) is 18.2 Å². The number of nitrogens with one attached hydrogen (secondary N) is 2. The van der Waals surface area contributed by atoms with Crippen molar-refractivity contribution in [3.8, 4) is 0 Å². The van der Waals surface area contributed by atoms with Crippen LogP contribution in [0.15, 0.2) is 22.7 Å². The molecule has 0 aliphatic heterocycles. The van der Waals surface area contributed by atoms with Gasteiger partial charge in [0.05, 0.1) is 10.7 Å². The third kappa shape index (κ3) is 5.56. The van der Waals surface area contributed by atoms with Crippen LogP contribution in [-0.2, 0) is 10.0 Å². The van der Waals surface area contributed by atoms with Gasteiger partial charge in [0.15, 0.2) is 0 Å². The van der Waals surface area contributed by atoms with Gasteiger partial charge in [0.25, 0.3) is 5.91 Å². The van der Waals surface area contributed by atoms with Gasteiger partial charge in [0, 0.05) is 17.6 Å². The molecule has 1 amide bonds. The van der Waals surface area contributed by atoms with Crippen molar-refractivity contribution in [1.82, 2.24) is 10.0 Å². The number of sulfonamides is 1. The number of hydrogen-bond donors (Lipinski definition) is 2. The molecule has 1 aromatic carbocycles. The highest BCUT2D eigenvalue weighted by Gasteiger charge is 2.23. The van der Waals surface area contributed by atoms with Gasteiger partial charge in [-0.15, -0.1) is 0 Å². The Morgan fingerprint density at radius 2 is 2.00 bits per heavy atom. The molecule has 0 saturated heterocycles. The summed E-state index contributed by atoms with van der Waals surface area (Å²) in [5, 5.41) is 2.60. The smallest absolute Gasteiger partial charge is 0.251 e. The number of halogens is 2. The van der Waals surface area contributed by atoms with E-state index >= 15 is 0 Å². The van der Waals surface area contributed by atoms with Gasteiger partial charge in [0.1, 0.15) is 5.82 Å². The van der Waals surface area contributed by atoms with Crippen molar-refractivity contribution in [3.63, 3.8) is 0 Å². The highest BCUT2D eigenvalue weighted by molar-refractivity contribution is 9.10. The van der Waals surface area contributed by atoms with Crippen LogP contribution in [0.2, 0.25) is 0 Å². The highest BCUT2D eigenvalue weighted by atomic mass is 79.9. The largest absolute Gasteiger partial charge is 0.350 e. The Bertz CT molecular complexity index is 617. The van der Waals surface area contributed by atoms with Crippen molar-refractivity contribution >= 4 is 31.9 Å². The van der Waals surface area contributed by atoms with Crippen molar-refractivity contribution in [2.75, 3.05) is 12.8 Å². The molecule has 0 saturated carbocycles. The van der Waals surface area contributed by atoms with Gasteiger partial charge in [-0.3, -0.25) is 4.79 Å². The number of rotatable bonds is 5. The summed E-state index contributed by atoms with van der Waals surface area (Å²) in [6, 6.07) is 3.90. The zero-order valence-corrected chi connectivity index (χ0v) is 13.7. The number of carbonyl (C=O) groups excluding carboxylic acids is 1. The lowest BCUT2D eigenvalue weighted by Gasteiger charge is -2.25. The molecule has 1 aromatic rings. The van der Waals surface area contributed by atoms with E-state index in [1.54, 1.807) is 13.8 Å². The monoisotopic (exact) mass is 366 g/mol. The first-order valence-corrected chi connectivity index (χ1v) is 8.41. The minimum atomic E-state index is -3.37. The van der Waals surface area contributed by atoms with Gasteiger partial charge >= 0.3 is 0 Å². The maximum Gasteiger partial charge on any atom is 0.251 e. The normalized spacial score (nSPS) is 12.2. The Kier molecular flexibility index (Phi) is 5.28. The van der Waals surface area contributed by atoms with Crippen LogP contribution in [0.3, 0.4) is 0 Å². The molecule has 0 heterocycles. The molecule has 0 atom stereocenters. The molecule has 0 fully saturated rings. The molecule has 20 heavy (non-hydrogen) atoms. The van der Waals surface area contributed by atoms with Gasteiger partial charge in [-0.1, -0.05) is 0 Å². The Hall–Kier alpha value is -0.990. The quantitative estimate of drug-likeness (QED) is 0.831. The second-order valence-electron chi connectivity index (χ2n) is 5.07. The lowest BCUT2D eigenvalue weighted by Crippen LogP contribution is -2.51. The van der Waals surface area contributed by atoms with E-state index in [4.69, 9.17) is 0 Å². The highest BCUT2D eigenvalue weighted by Crippen LogP contribution is 2.16. The topological polar surface area (TPSA) is 75.3 Å². The zero-order valence-electron chi connectivity index (χ0n) is 11.3. The minimum absolute atomic E-state index is 0.105. The Balaban J connectivity index is 2.69. The summed E-state index contributed by atoms with van der Waals surface area (Å²) in [5.74, 6) is -0.866. The van der Waals surface area contributed by atoms with Crippen LogP contribution in [0.5, 0.6) is 0 Å². The van der Waals surface area contributed by atoms with E-state index in [2.05, 4.69) is 26.0 Å². The molecule has 0 unspecified atom stereocenters. The van der Waals surface area contributed by atoms with E-state index in [0.29, 0.717) is 0 Å². The zero-order chi connectivity index (χ0) is 15.6. The van der Waals surface area contributed by atoms with Crippen LogP contribution < -0.4 is 10.0 Å². The van der Waals surface area contributed by atoms with Crippen LogP contribution in [0.1, 0.15) is 24.2 Å². The molecule has 0 aromatic heterocycles. The molecule has 0 radical (unpaired) electrons. The van der Waals surface area contributed by atoms with Crippen LogP contribution in [0, 0.1) is 5.82 Å². The third-order valence-corrected chi connectivity index (χ3v) is 3.87. The number of hydrogen-bond acceptors (Lipinski definition) is 3. The van der Waals surface area contributed by atoms with Crippen molar-refractivity contribution in [3.05, 3.63) is 34.1 Å². The maximum atomic E-state index is 13.1. The van der Waals surface area contributed by atoms with Gasteiger partial charge < -0.3 is 5.32 Å². The first-order valence-electron chi connectivity index (χ1n) is 5.72. The second kappa shape index (κ2) is 6.19. The molecule has 0 aliphatic rings. The molecule has 0 bridgehead atoms. The van der Waals surface area contributed by atoms with E-state index < -0.39 is 27.3 Å². The van der Waals surface area contributed by atoms with Crippen molar-refractivity contribution in [1.29, 1.82) is 0 Å². The molecule has 2 N–H and O–H groups in total. The van der Waals surface area contributed by atoms with E-state index in [-0.39, 0.29) is 16.6 Å². The summed E-state index contributed by atoms with van der Waals surface area (Å²) in [5.41, 5.74) is -0.533. The van der Waals surface area contributed by atoms with Gasteiger partial charge in [-0.05, 0) is 48.0 Å². The number of benzene rings is 1. The average Bonchev–Trinajstić information content (AvgIpc) is 2.26. The van der Waals surface area contributed by atoms with Gasteiger partial charge in [-0.25, -0.2) is 17.5 Å². The van der Waals surface area contributed by atoms with Gasteiger partial charge in [-0.2, -0.15) is 0 Å². The molecule has 0 aliphatic carbocycles. The summed E-state index contributed by atoms with van der Waals surface area (Å²) in [6.45, 7) is 3.40. The van der Waals surface area contributed by atoms with Crippen LogP contribution >= 0.6 is 15.9 Å². The summed E-state index contributed by atoms with van der Waals surface area (Å²) in [4.78, 5) is 11.9. The van der Waals surface area contributed by atoms with Crippen molar-refractivity contribution in [2.24, 2.45) is 0 Å². The molecule has 8 heteroatoms. The molecule has 5 nitrogen and oxygen atoms in total. The van der Waals surface area contributed by atoms with Crippen LogP contribution in [0.4, 0.5) is 4.39 Å². The van der Waals surface area contributed by atoms with E-state index in [0.717, 1.165) is 6.26 Å². The van der Waals surface area contributed by atoms with Crippen molar-refractivity contribution in [2.45, 2.75) is 19.4 Å². The predicted octanol–water partition coefficient (Wildman–Crippen LogP) is 1.65. The van der Waals surface area contributed by atoms with E-state index in [1.807, 2.05) is 0 Å². The maximum absolute atomic E-state index is 13.1. The van der Waals surface area contributed by atoms with E-state index in [9.17, 15) is 17.6 Å². The molecular formula is C12H16BrFN2O3S. The Morgan fingerprint density at radius 3 is 2.50 bits per heavy atom. The summed E-state index contributed by atoms with van der Waals surface area (Å²) in [6.07, 6.45) is 1.05. The average molecular weight is 367 g/mol. The number of carbonyl (C=O) groups is 1. The fourth-order valence-electron chi connectivity index (χ4n) is 1.58. The molecular weight excluding hydrogens is 351 g/mol. The summed E-state index contributed by atoms with van der Waals surface area (Å²) < 4.78 is 38.0. The number of amides is 1. The van der Waals surface area contributed by atoms with Crippen LogP contribution in [0.25, 0.3) is 0 Å². The van der Waals surface area contributed by atoms with Gasteiger partial charge in [0.2, 0.25) is 10.0 Å². The fourth-order valence-corrected chi connectivity index (χ4v) is 3.03. The Labute approximate surface area is 126 Å². The lowest BCUT2D eigenvalue weighted by molar-refractivity contribution is 0.0944.